The molecule has 1 amide bonds. The molecule has 0 spiro atoms. The maximum atomic E-state index is 11.5. The molecule has 1 heterocycles. The van der Waals surface area contributed by atoms with Gasteiger partial charge in [-0.25, -0.2) is 9.78 Å². The molecule has 1 aromatic heterocycles. The first kappa shape index (κ1) is 17.2. The number of ether oxygens (including phenoxy) is 2. The molecule has 1 atom stereocenters. The van der Waals surface area contributed by atoms with Gasteiger partial charge >= 0.3 is 6.09 Å². The monoisotopic (exact) mass is 295 g/mol. The molecule has 1 aromatic rings. The van der Waals surface area contributed by atoms with E-state index in [1.54, 1.807) is 13.3 Å². The van der Waals surface area contributed by atoms with Crippen LogP contribution in [-0.4, -0.2) is 36.4 Å². The highest BCUT2D eigenvalue weighted by molar-refractivity contribution is 5.67. The van der Waals surface area contributed by atoms with Gasteiger partial charge < -0.3 is 20.1 Å². The van der Waals surface area contributed by atoms with Crippen molar-refractivity contribution in [2.24, 2.45) is 0 Å². The Kier molecular flexibility index (Phi) is 6.42. The molecule has 0 bridgehead atoms. The van der Waals surface area contributed by atoms with E-state index >= 15 is 0 Å². The van der Waals surface area contributed by atoms with E-state index in [1.165, 1.54) is 0 Å². The van der Waals surface area contributed by atoms with E-state index in [1.807, 2.05) is 39.8 Å². The lowest BCUT2D eigenvalue weighted by Gasteiger charge is -2.21. The molecular formula is C15H25N3O3. The van der Waals surface area contributed by atoms with Crippen LogP contribution in [0.15, 0.2) is 18.3 Å². The second-order valence-corrected chi connectivity index (χ2v) is 5.87. The molecule has 21 heavy (non-hydrogen) atoms. The number of hydrogen-bond acceptors (Lipinski definition) is 5. The largest absolute Gasteiger partial charge is 0.481 e. The highest BCUT2D eigenvalue weighted by Gasteiger charge is 2.16. The molecule has 118 valence electrons. The Bertz CT molecular complexity index is 440. The third kappa shape index (κ3) is 7.51. The Morgan fingerprint density at radius 2 is 2.10 bits per heavy atom. The van der Waals surface area contributed by atoms with Gasteiger partial charge in [0.1, 0.15) is 5.60 Å². The number of nitrogens with zero attached hydrogens (tertiary/aromatic N) is 1. The number of nitrogens with one attached hydrogen (secondary N) is 2. The molecule has 2 N–H and O–H groups in total. The minimum Gasteiger partial charge on any atom is -0.481 e. The summed E-state index contributed by atoms with van der Waals surface area (Å²) in [7, 11) is 1.59. The predicted octanol–water partition coefficient (Wildman–Crippen LogP) is 2.09. The van der Waals surface area contributed by atoms with Crippen LogP contribution in [0.25, 0.3) is 0 Å². The summed E-state index contributed by atoms with van der Waals surface area (Å²) in [4.78, 5) is 15.7. The summed E-state index contributed by atoms with van der Waals surface area (Å²) in [6.45, 7) is 8.68. The Morgan fingerprint density at radius 3 is 2.62 bits per heavy atom. The van der Waals surface area contributed by atoms with Crippen LogP contribution in [0.5, 0.6) is 5.88 Å². The molecule has 0 aliphatic heterocycles. The molecule has 0 aliphatic rings. The molecule has 6 heteroatoms. The summed E-state index contributed by atoms with van der Waals surface area (Å²) in [6.07, 6.45) is 1.36. The van der Waals surface area contributed by atoms with Crippen molar-refractivity contribution in [3.8, 4) is 5.88 Å². The van der Waals surface area contributed by atoms with E-state index in [0.29, 0.717) is 19.0 Å². The first-order valence-corrected chi connectivity index (χ1v) is 6.99. The van der Waals surface area contributed by atoms with E-state index < -0.39 is 11.7 Å². The number of rotatable bonds is 6. The Labute approximate surface area is 126 Å². The fraction of sp³-hybridized carbons (Fsp3) is 0.600. The topological polar surface area (TPSA) is 72.5 Å². The lowest BCUT2D eigenvalue weighted by atomic mass is 10.2. The fourth-order valence-corrected chi connectivity index (χ4v) is 1.55. The molecule has 0 aromatic carbocycles. The van der Waals surface area contributed by atoms with Crippen LogP contribution in [0.2, 0.25) is 0 Å². The molecule has 0 aliphatic carbocycles. The molecule has 1 unspecified atom stereocenters. The van der Waals surface area contributed by atoms with Gasteiger partial charge in [0.15, 0.2) is 0 Å². The number of aromatic nitrogens is 1. The maximum absolute atomic E-state index is 11.5. The number of pyridine rings is 1. The van der Waals surface area contributed by atoms with Gasteiger partial charge in [-0.05, 0) is 33.3 Å². The van der Waals surface area contributed by atoms with Gasteiger partial charge in [-0.1, -0.05) is 6.07 Å². The van der Waals surface area contributed by atoms with Crippen molar-refractivity contribution < 1.29 is 14.3 Å². The quantitative estimate of drug-likeness (QED) is 0.841. The first-order chi connectivity index (χ1) is 9.80. The van der Waals surface area contributed by atoms with Crippen molar-refractivity contribution in [1.29, 1.82) is 0 Å². The Hall–Kier alpha value is -1.82. The van der Waals surface area contributed by atoms with E-state index in [2.05, 4.69) is 15.6 Å². The number of carbonyl (C=O) groups excluding carboxylic acids is 1. The lowest BCUT2D eigenvalue weighted by molar-refractivity contribution is 0.0523. The summed E-state index contributed by atoms with van der Waals surface area (Å²) in [6, 6.07) is 3.90. The van der Waals surface area contributed by atoms with E-state index in [-0.39, 0.29) is 6.04 Å². The minimum absolute atomic E-state index is 0.125. The predicted molar refractivity (Wildman–Crippen MR) is 81.3 cm³/mol. The summed E-state index contributed by atoms with van der Waals surface area (Å²) in [5, 5.41) is 6.04. The molecule has 0 saturated carbocycles. The highest BCUT2D eigenvalue weighted by Crippen LogP contribution is 2.07. The average molecular weight is 295 g/mol. The molecule has 1 rings (SSSR count). The highest BCUT2D eigenvalue weighted by atomic mass is 16.6. The third-order valence-electron chi connectivity index (χ3n) is 2.61. The standard InChI is InChI=1S/C15H25N3O3/c1-11(8-18-14(19)21-15(2,3)4)16-9-12-6-7-13(20-5)17-10-12/h6-7,10-11,16H,8-9H2,1-5H3,(H,18,19). The van der Waals surface area contributed by atoms with Crippen molar-refractivity contribution in [2.75, 3.05) is 13.7 Å². The normalized spacial score (nSPS) is 12.6. The third-order valence-corrected chi connectivity index (χ3v) is 2.61. The molecule has 6 nitrogen and oxygen atoms in total. The first-order valence-electron chi connectivity index (χ1n) is 6.99. The van der Waals surface area contributed by atoms with E-state index in [0.717, 1.165) is 5.56 Å². The number of hydrogen-bond donors (Lipinski definition) is 2. The van der Waals surface area contributed by atoms with Gasteiger partial charge in [0, 0.05) is 31.4 Å². The van der Waals surface area contributed by atoms with Crippen molar-refractivity contribution >= 4 is 6.09 Å². The molecule has 0 saturated heterocycles. The van der Waals surface area contributed by atoms with Gasteiger partial charge in [-0.2, -0.15) is 0 Å². The SMILES string of the molecule is COc1ccc(CNC(C)CNC(=O)OC(C)(C)C)cn1. The van der Waals surface area contributed by atoms with Crippen molar-refractivity contribution in [1.82, 2.24) is 15.6 Å². The van der Waals surface area contributed by atoms with E-state index in [9.17, 15) is 4.79 Å². The fourth-order valence-electron chi connectivity index (χ4n) is 1.55. The number of amides is 1. The second kappa shape index (κ2) is 7.83. The van der Waals surface area contributed by atoms with Gasteiger partial charge in [0.05, 0.1) is 7.11 Å². The molecule has 0 fully saturated rings. The summed E-state index contributed by atoms with van der Waals surface area (Å²) < 4.78 is 10.2. The molecule has 0 radical (unpaired) electrons. The van der Waals surface area contributed by atoms with Gasteiger partial charge in [-0.15, -0.1) is 0 Å². The zero-order valence-corrected chi connectivity index (χ0v) is 13.4. The number of methoxy groups -OCH3 is 1. The Morgan fingerprint density at radius 1 is 1.38 bits per heavy atom. The van der Waals surface area contributed by atoms with Crippen molar-refractivity contribution in [3.63, 3.8) is 0 Å². The van der Waals surface area contributed by atoms with Crippen LogP contribution in [0.3, 0.4) is 0 Å². The lowest BCUT2D eigenvalue weighted by Crippen LogP contribution is -2.41. The van der Waals surface area contributed by atoms with Crippen molar-refractivity contribution in [2.45, 2.75) is 45.9 Å². The van der Waals surface area contributed by atoms with Crippen LogP contribution in [0.4, 0.5) is 4.79 Å². The van der Waals surface area contributed by atoms with Crippen LogP contribution in [-0.2, 0) is 11.3 Å². The summed E-state index contributed by atoms with van der Waals surface area (Å²) in [5.74, 6) is 0.596. The smallest absolute Gasteiger partial charge is 0.407 e. The van der Waals surface area contributed by atoms with Crippen LogP contribution in [0, 0.1) is 0 Å². The number of carbonyl (C=O) groups is 1. The van der Waals surface area contributed by atoms with Crippen LogP contribution in [0.1, 0.15) is 33.3 Å². The molecular weight excluding hydrogens is 270 g/mol. The number of alkyl carbamates (subject to hydrolysis) is 1. The zero-order valence-electron chi connectivity index (χ0n) is 13.4. The minimum atomic E-state index is -0.477. The van der Waals surface area contributed by atoms with E-state index in [4.69, 9.17) is 9.47 Å². The Balaban J connectivity index is 2.27. The summed E-state index contributed by atoms with van der Waals surface area (Å²) in [5.41, 5.74) is 0.579. The average Bonchev–Trinajstić information content (AvgIpc) is 2.41. The van der Waals surface area contributed by atoms with Crippen molar-refractivity contribution in [3.05, 3.63) is 23.9 Å². The summed E-state index contributed by atoms with van der Waals surface area (Å²) >= 11 is 0. The zero-order chi connectivity index (χ0) is 15.9. The van der Waals surface area contributed by atoms with Crippen LogP contribution >= 0.6 is 0 Å². The van der Waals surface area contributed by atoms with Gasteiger partial charge in [0.2, 0.25) is 5.88 Å². The van der Waals surface area contributed by atoms with Crippen LogP contribution < -0.4 is 15.4 Å². The van der Waals surface area contributed by atoms with Gasteiger partial charge in [-0.3, -0.25) is 0 Å². The van der Waals surface area contributed by atoms with Gasteiger partial charge in [0.25, 0.3) is 0 Å². The second-order valence-electron chi connectivity index (χ2n) is 5.87. The maximum Gasteiger partial charge on any atom is 0.407 e.